The zero-order valence-electron chi connectivity index (χ0n) is 12.4. The molecule has 1 aromatic carbocycles. The van der Waals surface area contributed by atoms with Gasteiger partial charge >= 0.3 is 6.09 Å². The molecule has 0 spiro atoms. The van der Waals surface area contributed by atoms with Gasteiger partial charge in [-0.3, -0.25) is 5.43 Å². The van der Waals surface area contributed by atoms with Crippen molar-refractivity contribution in [1.29, 1.82) is 0 Å². The van der Waals surface area contributed by atoms with Crippen molar-refractivity contribution in [3.05, 3.63) is 41.9 Å². The maximum atomic E-state index is 12.1. The molecular weight excluding hydrogens is 270 g/mol. The van der Waals surface area contributed by atoms with E-state index in [9.17, 15) is 4.79 Å². The Morgan fingerprint density at radius 3 is 2.45 bits per heavy atom. The van der Waals surface area contributed by atoms with Crippen LogP contribution in [0.25, 0.3) is 0 Å². The molecule has 1 N–H and O–H groups in total. The van der Waals surface area contributed by atoms with E-state index in [-0.39, 0.29) is 0 Å². The fraction of sp³-hybridized carbons (Fsp3) is 0.357. The summed E-state index contributed by atoms with van der Waals surface area (Å²) in [6.45, 7) is 8.83. The summed E-state index contributed by atoms with van der Waals surface area (Å²) in [6.07, 6.45) is 1.58. The Hall–Kier alpha value is -1.95. The summed E-state index contributed by atoms with van der Waals surface area (Å²) in [5.41, 5.74) is 4.09. The van der Waals surface area contributed by atoms with Crippen LogP contribution in [-0.2, 0) is 4.74 Å². The zero-order valence-corrected chi connectivity index (χ0v) is 13.4. The number of para-hydroxylation sites is 1. The minimum absolute atomic E-state index is 0.349. The van der Waals surface area contributed by atoms with Crippen LogP contribution in [0, 0.1) is 0 Å². The van der Waals surface area contributed by atoms with Gasteiger partial charge in [0.05, 0.1) is 12.3 Å². The number of hydrogen-bond acceptors (Lipinski definition) is 4. The summed E-state index contributed by atoms with van der Waals surface area (Å²) in [5.74, 6) is 0. The van der Waals surface area contributed by atoms with E-state index < -0.39 is 14.2 Å². The Labute approximate surface area is 120 Å². The highest BCUT2D eigenvalue weighted by Gasteiger charge is 2.34. The molecule has 108 valence electrons. The zero-order chi connectivity index (χ0) is 14.8. The first-order chi connectivity index (χ1) is 9.43. The molecule has 0 aromatic heterocycles. The van der Waals surface area contributed by atoms with Gasteiger partial charge in [0, 0.05) is 11.5 Å². The number of nitrogens with one attached hydrogen (secondary N) is 1. The molecule has 5 nitrogen and oxygen atoms in total. The van der Waals surface area contributed by atoms with Crippen LogP contribution >= 0.6 is 0 Å². The standard InChI is InChI=1S/C14H21N3O2Si/c1-5-19-14(18)17-15-13(20(2,3)4)11-16(17)12-9-7-6-8-10-12/h6-11,15H,5H2,1-4H3. The van der Waals surface area contributed by atoms with Crippen LogP contribution in [0.1, 0.15) is 6.92 Å². The molecule has 1 aromatic rings. The summed E-state index contributed by atoms with van der Waals surface area (Å²) in [5, 5.41) is 4.31. The van der Waals surface area contributed by atoms with Crippen LogP contribution in [-0.4, -0.2) is 25.9 Å². The number of anilines is 1. The molecule has 2 rings (SSSR count). The lowest BCUT2D eigenvalue weighted by molar-refractivity contribution is 0.0976. The SMILES string of the molecule is CCOC(=O)N1NC([Si](C)(C)C)=CN1c1ccccc1. The lowest BCUT2D eigenvalue weighted by Crippen LogP contribution is -2.49. The predicted molar refractivity (Wildman–Crippen MR) is 82.3 cm³/mol. The number of benzene rings is 1. The van der Waals surface area contributed by atoms with E-state index in [1.54, 1.807) is 11.9 Å². The number of carbonyl (C=O) groups is 1. The van der Waals surface area contributed by atoms with Gasteiger partial charge in [-0.25, -0.2) is 9.80 Å². The third-order valence-electron chi connectivity index (χ3n) is 2.96. The maximum Gasteiger partial charge on any atom is 0.449 e. The molecule has 0 radical (unpaired) electrons. The van der Waals surface area contributed by atoms with Crippen molar-refractivity contribution in [2.75, 3.05) is 11.6 Å². The van der Waals surface area contributed by atoms with Gasteiger partial charge in [0.25, 0.3) is 0 Å². The number of amides is 1. The minimum atomic E-state index is -1.55. The van der Waals surface area contributed by atoms with Crippen molar-refractivity contribution >= 4 is 19.9 Å². The first-order valence-corrected chi connectivity index (χ1v) is 10.2. The fourth-order valence-corrected chi connectivity index (χ4v) is 2.78. The highest BCUT2D eigenvalue weighted by molar-refractivity contribution is 6.83. The van der Waals surface area contributed by atoms with Gasteiger partial charge < -0.3 is 4.74 Å². The summed E-state index contributed by atoms with van der Waals surface area (Å²) in [6, 6.07) is 9.75. The van der Waals surface area contributed by atoms with Gasteiger partial charge in [-0.05, 0) is 19.1 Å². The van der Waals surface area contributed by atoms with E-state index >= 15 is 0 Å². The first-order valence-electron chi connectivity index (χ1n) is 6.73. The molecule has 0 saturated carbocycles. The summed E-state index contributed by atoms with van der Waals surface area (Å²) in [4.78, 5) is 12.1. The molecule has 1 aliphatic rings. The molecule has 0 bridgehead atoms. The predicted octanol–water partition coefficient (Wildman–Crippen LogP) is 3.10. The Morgan fingerprint density at radius 2 is 1.90 bits per heavy atom. The minimum Gasteiger partial charge on any atom is -0.447 e. The van der Waals surface area contributed by atoms with Crippen molar-refractivity contribution in [1.82, 2.24) is 10.5 Å². The summed E-state index contributed by atoms with van der Waals surface area (Å²) in [7, 11) is -1.55. The fourth-order valence-electron chi connectivity index (χ4n) is 1.83. The van der Waals surface area contributed by atoms with Gasteiger partial charge in [-0.2, -0.15) is 0 Å². The Kier molecular flexibility index (Phi) is 4.03. The average Bonchev–Trinajstić information content (AvgIpc) is 2.85. The number of carbonyl (C=O) groups excluding carboxylic acids is 1. The Bertz CT molecular complexity index is 511. The van der Waals surface area contributed by atoms with E-state index in [1.165, 1.54) is 5.12 Å². The molecule has 0 aliphatic carbocycles. The van der Waals surface area contributed by atoms with Crippen LogP contribution in [0.2, 0.25) is 19.6 Å². The van der Waals surface area contributed by atoms with Crippen LogP contribution < -0.4 is 10.4 Å². The molecule has 20 heavy (non-hydrogen) atoms. The quantitative estimate of drug-likeness (QED) is 0.869. The van der Waals surface area contributed by atoms with Gasteiger partial charge in [-0.15, -0.1) is 5.12 Å². The molecule has 1 amide bonds. The Morgan fingerprint density at radius 1 is 1.25 bits per heavy atom. The van der Waals surface area contributed by atoms with Crippen molar-refractivity contribution in [2.45, 2.75) is 26.6 Å². The highest BCUT2D eigenvalue weighted by atomic mass is 28.3. The van der Waals surface area contributed by atoms with Crippen molar-refractivity contribution in [3.63, 3.8) is 0 Å². The molecular formula is C14H21N3O2Si. The number of nitrogens with zero attached hydrogens (tertiary/aromatic N) is 2. The van der Waals surface area contributed by atoms with Crippen LogP contribution in [0.5, 0.6) is 0 Å². The second-order valence-corrected chi connectivity index (χ2v) is 10.6. The number of hydrogen-bond donors (Lipinski definition) is 1. The summed E-state index contributed by atoms with van der Waals surface area (Å²) >= 11 is 0. The molecule has 0 fully saturated rings. The van der Waals surface area contributed by atoms with Crippen LogP contribution in [0.3, 0.4) is 0 Å². The van der Waals surface area contributed by atoms with E-state index in [1.807, 2.05) is 36.5 Å². The summed E-state index contributed by atoms with van der Waals surface area (Å²) < 4.78 is 5.10. The molecule has 6 heteroatoms. The maximum absolute atomic E-state index is 12.1. The van der Waals surface area contributed by atoms with Gasteiger partial charge in [0.2, 0.25) is 0 Å². The van der Waals surface area contributed by atoms with Gasteiger partial charge in [0.1, 0.15) is 8.07 Å². The lowest BCUT2D eigenvalue weighted by atomic mass is 10.3. The van der Waals surface area contributed by atoms with Gasteiger partial charge in [-0.1, -0.05) is 37.8 Å². The lowest BCUT2D eigenvalue weighted by Gasteiger charge is -2.28. The monoisotopic (exact) mass is 291 g/mol. The largest absolute Gasteiger partial charge is 0.449 e. The Balaban J connectivity index is 2.32. The average molecular weight is 291 g/mol. The van der Waals surface area contributed by atoms with Crippen molar-refractivity contribution < 1.29 is 9.53 Å². The molecule has 0 atom stereocenters. The third kappa shape index (κ3) is 2.96. The van der Waals surface area contributed by atoms with Crippen molar-refractivity contribution in [3.8, 4) is 0 Å². The number of ether oxygens (including phenoxy) is 1. The van der Waals surface area contributed by atoms with E-state index in [0.717, 1.165) is 11.0 Å². The van der Waals surface area contributed by atoms with E-state index in [0.29, 0.717) is 6.61 Å². The topological polar surface area (TPSA) is 44.8 Å². The molecule has 0 unspecified atom stereocenters. The van der Waals surface area contributed by atoms with Crippen molar-refractivity contribution in [2.24, 2.45) is 0 Å². The van der Waals surface area contributed by atoms with Crippen LogP contribution in [0.15, 0.2) is 41.9 Å². The third-order valence-corrected chi connectivity index (χ3v) is 4.82. The normalized spacial score (nSPS) is 14.9. The molecule has 0 saturated heterocycles. The van der Waals surface area contributed by atoms with Gasteiger partial charge in [0.15, 0.2) is 0 Å². The second-order valence-electron chi connectivity index (χ2n) is 5.60. The van der Waals surface area contributed by atoms with E-state index in [2.05, 4.69) is 25.1 Å². The van der Waals surface area contributed by atoms with E-state index in [4.69, 9.17) is 4.74 Å². The highest BCUT2D eigenvalue weighted by Crippen LogP contribution is 2.25. The number of rotatable bonds is 3. The number of hydrazine groups is 2. The smallest absolute Gasteiger partial charge is 0.447 e. The van der Waals surface area contributed by atoms with Crippen LogP contribution in [0.4, 0.5) is 10.5 Å². The molecule has 1 aliphatic heterocycles. The first kappa shape index (κ1) is 14.5. The molecule has 1 heterocycles. The second kappa shape index (κ2) is 5.58.